The van der Waals surface area contributed by atoms with Crippen LogP contribution in [0.25, 0.3) is 10.9 Å². The molecular formula is C15H18N2O3S. The maximum atomic E-state index is 11.4. The van der Waals surface area contributed by atoms with Gasteiger partial charge in [-0.15, -0.1) is 0 Å². The Hall–Kier alpha value is -1.66. The van der Waals surface area contributed by atoms with Crippen molar-refractivity contribution in [3.05, 3.63) is 36.5 Å². The van der Waals surface area contributed by atoms with Crippen LogP contribution < -0.4 is 10.1 Å². The van der Waals surface area contributed by atoms with Crippen LogP contribution in [0.2, 0.25) is 0 Å². The highest BCUT2D eigenvalue weighted by Gasteiger charge is 2.27. The molecule has 1 aliphatic rings. The van der Waals surface area contributed by atoms with E-state index in [1.807, 2.05) is 30.3 Å². The molecule has 1 aromatic heterocycles. The minimum Gasteiger partial charge on any atom is -0.490 e. The Labute approximate surface area is 124 Å². The number of rotatable bonds is 5. The fourth-order valence-corrected chi connectivity index (χ4v) is 4.28. The summed E-state index contributed by atoms with van der Waals surface area (Å²) in [6.45, 7) is 1.12. The molecule has 0 spiro atoms. The summed E-state index contributed by atoms with van der Waals surface area (Å²) in [5.74, 6) is 1.29. The predicted octanol–water partition coefficient (Wildman–Crippen LogP) is 1.39. The fraction of sp³-hybridized carbons (Fsp3) is 0.400. The van der Waals surface area contributed by atoms with Crippen molar-refractivity contribution in [2.75, 3.05) is 24.7 Å². The zero-order chi connectivity index (χ0) is 14.7. The quantitative estimate of drug-likeness (QED) is 0.846. The lowest BCUT2D eigenvalue weighted by atomic mass is 10.2. The number of benzene rings is 1. The monoisotopic (exact) mass is 306 g/mol. The largest absolute Gasteiger partial charge is 0.490 e. The molecule has 2 heterocycles. The Morgan fingerprint density at radius 3 is 2.95 bits per heavy atom. The van der Waals surface area contributed by atoms with Crippen LogP contribution in [0.3, 0.4) is 0 Å². The van der Waals surface area contributed by atoms with Crippen LogP contribution in [0.15, 0.2) is 36.5 Å². The first-order valence-corrected chi connectivity index (χ1v) is 8.86. The van der Waals surface area contributed by atoms with E-state index in [1.54, 1.807) is 6.20 Å². The minimum atomic E-state index is -2.83. The summed E-state index contributed by atoms with van der Waals surface area (Å²) in [7, 11) is -2.83. The van der Waals surface area contributed by atoms with Crippen LogP contribution >= 0.6 is 0 Å². The van der Waals surface area contributed by atoms with Gasteiger partial charge in [-0.2, -0.15) is 0 Å². The van der Waals surface area contributed by atoms with Crippen molar-refractivity contribution < 1.29 is 13.2 Å². The normalized spacial score (nSPS) is 20.7. The van der Waals surface area contributed by atoms with Gasteiger partial charge < -0.3 is 10.1 Å². The van der Waals surface area contributed by atoms with E-state index in [2.05, 4.69) is 10.3 Å². The maximum absolute atomic E-state index is 11.4. The van der Waals surface area contributed by atoms with Crippen LogP contribution in [0, 0.1) is 0 Å². The van der Waals surface area contributed by atoms with Crippen LogP contribution in [-0.2, 0) is 9.84 Å². The fourth-order valence-electron chi connectivity index (χ4n) is 2.57. The number of fused-ring (bicyclic) bond motifs is 1. The van der Waals surface area contributed by atoms with Gasteiger partial charge in [0, 0.05) is 24.2 Å². The topological polar surface area (TPSA) is 68.3 Å². The average molecular weight is 306 g/mol. The van der Waals surface area contributed by atoms with E-state index < -0.39 is 9.84 Å². The number of ether oxygens (including phenoxy) is 1. The highest BCUT2D eigenvalue weighted by molar-refractivity contribution is 7.91. The van der Waals surface area contributed by atoms with E-state index in [4.69, 9.17) is 4.74 Å². The van der Waals surface area contributed by atoms with Gasteiger partial charge in [-0.3, -0.25) is 4.98 Å². The Morgan fingerprint density at radius 1 is 1.29 bits per heavy atom. The van der Waals surface area contributed by atoms with Gasteiger partial charge in [-0.1, -0.05) is 18.2 Å². The van der Waals surface area contributed by atoms with Crippen LogP contribution in [0.5, 0.6) is 5.75 Å². The first-order valence-electron chi connectivity index (χ1n) is 7.04. The molecule has 1 fully saturated rings. The summed E-state index contributed by atoms with van der Waals surface area (Å²) in [4.78, 5) is 4.33. The van der Waals surface area contributed by atoms with Crippen LogP contribution in [0.4, 0.5) is 0 Å². The van der Waals surface area contributed by atoms with Gasteiger partial charge in [-0.25, -0.2) is 8.42 Å². The Kier molecular flexibility index (Phi) is 4.07. The molecule has 1 aliphatic heterocycles. The summed E-state index contributed by atoms with van der Waals surface area (Å²) in [6.07, 6.45) is 2.44. The number of hydrogen-bond acceptors (Lipinski definition) is 5. The van der Waals surface area contributed by atoms with E-state index >= 15 is 0 Å². The zero-order valence-electron chi connectivity index (χ0n) is 11.7. The molecule has 1 unspecified atom stereocenters. The molecule has 1 saturated heterocycles. The zero-order valence-corrected chi connectivity index (χ0v) is 12.5. The van der Waals surface area contributed by atoms with Crippen molar-refractivity contribution in [1.82, 2.24) is 10.3 Å². The molecule has 0 aliphatic carbocycles. The molecule has 6 heteroatoms. The molecule has 0 radical (unpaired) electrons. The highest BCUT2D eigenvalue weighted by atomic mass is 32.2. The SMILES string of the molecule is O=S1(=O)CCC(NCCOc2cccc3cccnc23)C1. The Bertz CT molecular complexity index is 725. The van der Waals surface area contributed by atoms with Gasteiger partial charge in [0.05, 0.1) is 11.5 Å². The highest BCUT2D eigenvalue weighted by Crippen LogP contribution is 2.22. The third-order valence-corrected chi connectivity index (χ3v) is 5.39. The summed E-state index contributed by atoms with van der Waals surface area (Å²) < 4.78 is 28.5. The number of para-hydroxylation sites is 1. The van der Waals surface area contributed by atoms with E-state index in [0.29, 0.717) is 25.3 Å². The molecule has 21 heavy (non-hydrogen) atoms. The molecule has 1 N–H and O–H groups in total. The maximum Gasteiger partial charge on any atom is 0.151 e. The minimum absolute atomic E-state index is 0.0595. The second-order valence-corrected chi connectivity index (χ2v) is 7.46. The van der Waals surface area contributed by atoms with Gasteiger partial charge in [0.15, 0.2) is 9.84 Å². The molecule has 0 amide bonds. The third-order valence-electron chi connectivity index (χ3n) is 3.62. The first-order chi connectivity index (χ1) is 10.1. The molecule has 112 valence electrons. The van der Waals surface area contributed by atoms with Crippen molar-refractivity contribution in [2.24, 2.45) is 0 Å². The van der Waals surface area contributed by atoms with E-state index in [0.717, 1.165) is 16.7 Å². The smallest absolute Gasteiger partial charge is 0.151 e. The average Bonchev–Trinajstić information content (AvgIpc) is 2.83. The lowest BCUT2D eigenvalue weighted by molar-refractivity contribution is 0.310. The van der Waals surface area contributed by atoms with Gasteiger partial charge in [0.1, 0.15) is 17.9 Å². The molecule has 2 aromatic rings. The second-order valence-electron chi connectivity index (χ2n) is 5.23. The molecule has 1 atom stereocenters. The third kappa shape index (κ3) is 3.51. The predicted molar refractivity (Wildman–Crippen MR) is 82.3 cm³/mol. The van der Waals surface area contributed by atoms with E-state index in [9.17, 15) is 8.42 Å². The molecule has 3 rings (SSSR count). The van der Waals surface area contributed by atoms with Crippen LogP contribution in [-0.4, -0.2) is 44.1 Å². The van der Waals surface area contributed by atoms with Crippen molar-refractivity contribution in [3.8, 4) is 5.75 Å². The number of nitrogens with zero attached hydrogens (tertiary/aromatic N) is 1. The van der Waals surface area contributed by atoms with Gasteiger partial charge in [0.25, 0.3) is 0 Å². The van der Waals surface area contributed by atoms with Crippen molar-refractivity contribution >= 4 is 20.7 Å². The molecular weight excluding hydrogens is 288 g/mol. The van der Waals surface area contributed by atoms with E-state index in [-0.39, 0.29) is 11.8 Å². The summed E-state index contributed by atoms with van der Waals surface area (Å²) in [5, 5.41) is 4.28. The van der Waals surface area contributed by atoms with Gasteiger partial charge >= 0.3 is 0 Å². The van der Waals surface area contributed by atoms with Crippen LogP contribution in [0.1, 0.15) is 6.42 Å². The van der Waals surface area contributed by atoms with Crippen molar-refractivity contribution in [2.45, 2.75) is 12.5 Å². The van der Waals surface area contributed by atoms with Gasteiger partial charge in [0.2, 0.25) is 0 Å². The first kappa shape index (κ1) is 14.3. The number of pyridine rings is 1. The standard InChI is InChI=1S/C15H18N2O3S/c18-21(19)10-6-13(11-21)16-8-9-20-14-5-1-3-12-4-2-7-17-15(12)14/h1-5,7,13,16H,6,8-11H2. The Morgan fingerprint density at radius 2 is 2.14 bits per heavy atom. The van der Waals surface area contributed by atoms with Crippen molar-refractivity contribution in [1.29, 1.82) is 0 Å². The number of sulfone groups is 1. The summed E-state index contributed by atoms with van der Waals surface area (Å²) in [6, 6.07) is 9.79. The number of hydrogen-bond donors (Lipinski definition) is 1. The molecule has 0 saturated carbocycles. The molecule has 5 nitrogen and oxygen atoms in total. The summed E-state index contributed by atoms with van der Waals surface area (Å²) in [5.41, 5.74) is 0.850. The van der Waals surface area contributed by atoms with Crippen molar-refractivity contribution in [3.63, 3.8) is 0 Å². The molecule has 0 bridgehead atoms. The Balaban J connectivity index is 1.53. The number of nitrogens with one attached hydrogen (secondary N) is 1. The van der Waals surface area contributed by atoms with E-state index in [1.165, 1.54) is 0 Å². The summed E-state index contributed by atoms with van der Waals surface area (Å²) >= 11 is 0. The lowest BCUT2D eigenvalue weighted by Crippen LogP contribution is -2.33. The number of aromatic nitrogens is 1. The van der Waals surface area contributed by atoms with Gasteiger partial charge in [-0.05, 0) is 18.6 Å². The lowest BCUT2D eigenvalue weighted by Gasteiger charge is -2.12. The second kappa shape index (κ2) is 5.99. The molecule has 1 aromatic carbocycles.